The Hall–Kier alpha value is -3.98. The molecule has 206 valence electrons. The summed E-state index contributed by atoms with van der Waals surface area (Å²) in [7, 11) is 3.91. The quantitative estimate of drug-likeness (QED) is 0.157. The molecule has 0 aliphatic carbocycles. The standard InChI is InChI=1S/C40H34S2/c1-29(35-23-25-37(31-15-7-3-8-16-31)39(27-35)33-19-11-5-12-20-33)41-42-30(2)36-24-26-38(32-17-9-4-10-18-32)40(28-36)34-21-13-6-14-22-34/h3-30H,1-2H3/t29-,30-/m1/s1. The minimum Gasteiger partial charge on any atom is -0.0856 e. The summed E-state index contributed by atoms with van der Waals surface area (Å²) in [6.45, 7) is 4.65. The smallest absolute Gasteiger partial charge is 0.0373 e. The van der Waals surface area contributed by atoms with Crippen LogP contribution in [0.25, 0.3) is 44.5 Å². The van der Waals surface area contributed by atoms with Crippen LogP contribution in [-0.4, -0.2) is 0 Å². The van der Waals surface area contributed by atoms with E-state index < -0.39 is 0 Å². The molecule has 2 heteroatoms. The molecule has 2 atom stereocenters. The summed E-state index contributed by atoms with van der Waals surface area (Å²) < 4.78 is 0. The van der Waals surface area contributed by atoms with E-state index in [0.717, 1.165) is 0 Å². The highest BCUT2D eigenvalue weighted by Gasteiger charge is 2.17. The predicted octanol–water partition coefficient (Wildman–Crippen LogP) is 12.6. The van der Waals surface area contributed by atoms with Crippen LogP contribution in [0.1, 0.15) is 35.5 Å². The molecule has 0 saturated carbocycles. The van der Waals surface area contributed by atoms with Gasteiger partial charge in [0.25, 0.3) is 0 Å². The highest BCUT2D eigenvalue weighted by atomic mass is 33.1. The van der Waals surface area contributed by atoms with Crippen molar-refractivity contribution in [1.82, 2.24) is 0 Å². The molecule has 0 saturated heterocycles. The molecule has 0 fully saturated rings. The fraction of sp³-hybridized carbons (Fsp3) is 0.100. The van der Waals surface area contributed by atoms with Gasteiger partial charge in [-0.25, -0.2) is 0 Å². The molecule has 6 aromatic rings. The van der Waals surface area contributed by atoms with Crippen LogP contribution in [0.3, 0.4) is 0 Å². The van der Waals surface area contributed by atoms with E-state index in [0.29, 0.717) is 10.5 Å². The van der Waals surface area contributed by atoms with E-state index in [9.17, 15) is 0 Å². The maximum absolute atomic E-state index is 2.39. The van der Waals surface area contributed by atoms with Crippen LogP contribution >= 0.6 is 21.6 Å². The zero-order valence-electron chi connectivity index (χ0n) is 24.0. The second kappa shape index (κ2) is 13.3. The predicted molar refractivity (Wildman–Crippen MR) is 187 cm³/mol. The third-order valence-electron chi connectivity index (χ3n) is 7.71. The average Bonchev–Trinajstić information content (AvgIpc) is 3.08. The van der Waals surface area contributed by atoms with Gasteiger partial charge in [-0.3, -0.25) is 0 Å². The average molecular weight is 579 g/mol. The topological polar surface area (TPSA) is 0 Å². The summed E-state index contributed by atoms with van der Waals surface area (Å²) in [5.41, 5.74) is 12.8. The minimum atomic E-state index is 0.349. The first-order valence-electron chi connectivity index (χ1n) is 14.5. The highest BCUT2D eigenvalue weighted by molar-refractivity contribution is 8.76. The van der Waals surface area contributed by atoms with Crippen molar-refractivity contribution in [2.75, 3.05) is 0 Å². The molecule has 0 radical (unpaired) electrons. The molecule has 0 nitrogen and oxygen atoms in total. The third-order valence-corrected chi connectivity index (χ3v) is 11.0. The lowest BCUT2D eigenvalue weighted by Crippen LogP contribution is -1.94. The number of benzene rings is 6. The SMILES string of the molecule is C[C@@H](SS[C@H](C)c1ccc(-c2ccccc2)c(-c2ccccc2)c1)c1ccc(-c2ccccc2)c(-c2ccccc2)c1. The Morgan fingerprint density at radius 2 is 0.619 bits per heavy atom. The first kappa shape index (κ1) is 28.2. The van der Waals surface area contributed by atoms with Crippen molar-refractivity contribution in [2.45, 2.75) is 24.3 Å². The second-order valence-electron chi connectivity index (χ2n) is 10.6. The van der Waals surface area contributed by atoms with E-state index in [4.69, 9.17) is 0 Å². The Kier molecular flexibility index (Phi) is 8.94. The third kappa shape index (κ3) is 6.41. The molecule has 0 bridgehead atoms. The van der Waals surface area contributed by atoms with E-state index in [-0.39, 0.29) is 0 Å². The van der Waals surface area contributed by atoms with Crippen molar-refractivity contribution < 1.29 is 0 Å². The van der Waals surface area contributed by atoms with Gasteiger partial charge in [0, 0.05) is 10.5 Å². The minimum absolute atomic E-state index is 0.349. The van der Waals surface area contributed by atoms with E-state index in [1.165, 1.54) is 55.6 Å². The van der Waals surface area contributed by atoms with Gasteiger partial charge in [0.15, 0.2) is 0 Å². The molecular formula is C40H34S2. The van der Waals surface area contributed by atoms with E-state index in [1.54, 1.807) is 0 Å². The van der Waals surface area contributed by atoms with E-state index in [2.05, 4.69) is 172 Å². The lowest BCUT2D eigenvalue weighted by molar-refractivity contribution is 1.10. The van der Waals surface area contributed by atoms with Gasteiger partial charge < -0.3 is 0 Å². The van der Waals surface area contributed by atoms with Gasteiger partial charge in [0.2, 0.25) is 0 Å². The molecule has 0 aliphatic heterocycles. The van der Waals surface area contributed by atoms with Crippen molar-refractivity contribution in [1.29, 1.82) is 0 Å². The lowest BCUT2D eigenvalue weighted by Gasteiger charge is -2.19. The van der Waals surface area contributed by atoms with Crippen molar-refractivity contribution >= 4 is 21.6 Å². The lowest BCUT2D eigenvalue weighted by atomic mass is 9.92. The second-order valence-corrected chi connectivity index (χ2v) is 13.5. The van der Waals surface area contributed by atoms with E-state index in [1.807, 2.05) is 21.6 Å². The van der Waals surface area contributed by atoms with Gasteiger partial charge in [-0.05, 0) is 81.6 Å². The molecule has 6 aromatic carbocycles. The summed E-state index contributed by atoms with van der Waals surface area (Å²) in [4.78, 5) is 0. The molecular weight excluding hydrogens is 545 g/mol. The molecule has 0 spiro atoms. The molecule has 0 heterocycles. The van der Waals surface area contributed by atoms with Crippen molar-refractivity contribution in [3.05, 3.63) is 169 Å². The van der Waals surface area contributed by atoms with Crippen LogP contribution in [0.5, 0.6) is 0 Å². The van der Waals surface area contributed by atoms with Gasteiger partial charge in [-0.15, -0.1) is 0 Å². The molecule has 0 aliphatic rings. The Bertz CT molecular complexity index is 1600. The van der Waals surface area contributed by atoms with Crippen LogP contribution in [0, 0.1) is 0 Å². The normalized spacial score (nSPS) is 12.5. The molecule has 6 rings (SSSR count). The number of hydrogen-bond donors (Lipinski definition) is 0. The summed E-state index contributed by atoms with van der Waals surface area (Å²) in [6, 6.07) is 56.9. The van der Waals surface area contributed by atoms with Gasteiger partial charge in [-0.2, -0.15) is 0 Å². The number of hydrogen-bond acceptors (Lipinski definition) is 2. The fourth-order valence-electron chi connectivity index (χ4n) is 5.36. The first-order chi connectivity index (χ1) is 20.7. The molecule has 0 aromatic heterocycles. The zero-order chi connectivity index (χ0) is 28.7. The summed E-state index contributed by atoms with van der Waals surface area (Å²) in [5.74, 6) is 0. The van der Waals surface area contributed by atoms with Gasteiger partial charge in [0.05, 0.1) is 0 Å². The van der Waals surface area contributed by atoms with Crippen LogP contribution in [-0.2, 0) is 0 Å². The van der Waals surface area contributed by atoms with Crippen molar-refractivity contribution in [2.24, 2.45) is 0 Å². The maximum Gasteiger partial charge on any atom is 0.0373 e. The summed E-state index contributed by atoms with van der Waals surface area (Å²) in [5, 5.41) is 0.698. The van der Waals surface area contributed by atoms with E-state index >= 15 is 0 Å². The maximum atomic E-state index is 2.39. The Morgan fingerprint density at radius 3 is 0.929 bits per heavy atom. The van der Waals surface area contributed by atoms with Crippen LogP contribution in [0.2, 0.25) is 0 Å². The summed E-state index contributed by atoms with van der Waals surface area (Å²) in [6.07, 6.45) is 0. The molecule has 0 unspecified atom stereocenters. The fourth-order valence-corrected chi connectivity index (χ4v) is 7.87. The Morgan fingerprint density at radius 1 is 0.333 bits per heavy atom. The molecule has 0 amide bonds. The van der Waals surface area contributed by atoms with Gasteiger partial charge in [0.1, 0.15) is 0 Å². The van der Waals surface area contributed by atoms with Gasteiger partial charge in [-0.1, -0.05) is 167 Å². The van der Waals surface area contributed by atoms with Crippen LogP contribution in [0.4, 0.5) is 0 Å². The Balaban J connectivity index is 1.25. The number of rotatable bonds is 9. The van der Waals surface area contributed by atoms with Crippen molar-refractivity contribution in [3.63, 3.8) is 0 Å². The monoisotopic (exact) mass is 578 g/mol. The van der Waals surface area contributed by atoms with Crippen LogP contribution in [0.15, 0.2) is 158 Å². The largest absolute Gasteiger partial charge is 0.0856 e. The van der Waals surface area contributed by atoms with Crippen molar-refractivity contribution in [3.8, 4) is 44.5 Å². The van der Waals surface area contributed by atoms with Crippen LogP contribution < -0.4 is 0 Å². The van der Waals surface area contributed by atoms with Gasteiger partial charge >= 0.3 is 0 Å². The molecule has 42 heavy (non-hydrogen) atoms. The Labute approximate surface area is 258 Å². The zero-order valence-corrected chi connectivity index (χ0v) is 25.6. The highest BCUT2D eigenvalue weighted by Crippen LogP contribution is 2.48. The summed E-state index contributed by atoms with van der Waals surface area (Å²) >= 11 is 0. The molecule has 0 N–H and O–H groups in total. The first-order valence-corrected chi connectivity index (χ1v) is 16.8.